The predicted molar refractivity (Wildman–Crippen MR) is 125 cm³/mol. The van der Waals surface area contributed by atoms with Gasteiger partial charge in [0.05, 0.1) is 6.04 Å². The number of pyridine rings is 1. The lowest BCUT2D eigenvalue weighted by molar-refractivity contribution is 0.0722. The number of carbonyl (C=O) groups is 2. The molecule has 1 aromatic carbocycles. The molecule has 1 N–H and O–H groups in total. The number of carbonyl (C=O) groups excluding carboxylic acids is 2. The maximum Gasteiger partial charge on any atom is 0.259 e. The van der Waals surface area contributed by atoms with Crippen LogP contribution in [-0.2, 0) is 0 Å². The van der Waals surface area contributed by atoms with Crippen LogP contribution in [0.1, 0.15) is 90.2 Å². The monoisotopic (exact) mass is 455 g/mol. The van der Waals surface area contributed by atoms with Crippen molar-refractivity contribution >= 4 is 23.4 Å². The van der Waals surface area contributed by atoms with Crippen molar-refractivity contribution in [1.82, 2.24) is 14.8 Å². The van der Waals surface area contributed by atoms with Crippen molar-refractivity contribution in [2.75, 3.05) is 13.1 Å². The highest BCUT2D eigenvalue weighted by Gasteiger charge is 2.27. The molecule has 2 heterocycles. The number of piperidine rings is 1. The third-order valence-corrected chi connectivity index (χ3v) is 6.97. The van der Waals surface area contributed by atoms with Crippen LogP contribution in [0.4, 0.5) is 0 Å². The highest BCUT2D eigenvalue weighted by atomic mass is 35.5. The highest BCUT2D eigenvalue weighted by molar-refractivity contribution is 6.31. The van der Waals surface area contributed by atoms with E-state index in [-0.39, 0.29) is 29.1 Å². The van der Waals surface area contributed by atoms with Crippen LogP contribution in [0.25, 0.3) is 0 Å². The minimum Gasteiger partial charge on any atom is -0.349 e. The molecule has 2 aromatic rings. The molecule has 0 radical (unpaired) electrons. The highest BCUT2D eigenvalue weighted by Crippen LogP contribution is 2.30. The van der Waals surface area contributed by atoms with Gasteiger partial charge < -0.3 is 14.8 Å². The number of benzene rings is 1. The summed E-state index contributed by atoms with van der Waals surface area (Å²) in [4.78, 5) is 41.4. The number of hydrogen-bond donors (Lipinski definition) is 1. The van der Waals surface area contributed by atoms with Crippen molar-refractivity contribution in [3.63, 3.8) is 0 Å². The van der Waals surface area contributed by atoms with Crippen LogP contribution in [-0.4, -0.2) is 34.4 Å². The van der Waals surface area contributed by atoms with E-state index >= 15 is 0 Å². The summed E-state index contributed by atoms with van der Waals surface area (Å²) in [7, 11) is 0. The largest absolute Gasteiger partial charge is 0.349 e. The Morgan fingerprint density at radius 3 is 2.34 bits per heavy atom. The SMILES string of the molecule is CC(NC(=O)c1cn(C2CCCC2)cc(C(=O)N2CCCCC2)c1=O)c1ccccc1Cl. The molecule has 1 aliphatic carbocycles. The van der Waals surface area contributed by atoms with Gasteiger partial charge in [0.1, 0.15) is 11.1 Å². The van der Waals surface area contributed by atoms with Crippen molar-refractivity contribution in [2.24, 2.45) is 0 Å². The normalized spacial score (nSPS) is 17.9. The molecule has 1 atom stereocenters. The second-order valence-electron chi connectivity index (χ2n) is 8.87. The van der Waals surface area contributed by atoms with Crippen molar-refractivity contribution in [3.05, 3.63) is 68.6 Å². The van der Waals surface area contributed by atoms with Gasteiger partial charge in [-0.3, -0.25) is 14.4 Å². The van der Waals surface area contributed by atoms with Gasteiger partial charge in [0.15, 0.2) is 0 Å². The molecule has 1 saturated carbocycles. The van der Waals surface area contributed by atoms with E-state index in [1.54, 1.807) is 23.4 Å². The van der Waals surface area contributed by atoms with Crippen LogP contribution >= 0.6 is 11.6 Å². The van der Waals surface area contributed by atoms with Gasteiger partial charge in [0.2, 0.25) is 5.43 Å². The number of likely N-dealkylation sites (tertiary alicyclic amines) is 1. The van der Waals surface area contributed by atoms with Gasteiger partial charge in [-0.15, -0.1) is 0 Å². The quantitative estimate of drug-likeness (QED) is 0.708. The number of aromatic nitrogens is 1. The van der Waals surface area contributed by atoms with E-state index in [9.17, 15) is 14.4 Å². The van der Waals surface area contributed by atoms with Gasteiger partial charge in [-0.1, -0.05) is 42.6 Å². The third-order valence-electron chi connectivity index (χ3n) is 6.63. The van der Waals surface area contributed by atoms with Crippen molar-refractivity contribution in [3.8, 4) is 0 Å². The molecular formula is C25H30ClN3O3. The number of rotatable bonds is 5. The topological polar surface area (TPSA) is 71.4 Å². The summed E-state index contributed by atoms with van der Waals surface area (Å²) in [5, 5.41) is 3.45. The first kappa shape index (κ1) is 22.6. The number of amides is 2. The minimum atomic E-state index is -0.501. The fourth-order valence-corrected chi connectivity index (χ4v) is 5.07. The lowest BCUT2D eigenvalue weighted by Gasteiger charge is -2.27. The maximum absolute atomic E-state index is 13.3. The van der Waals surface area contributed by atoms with Gasteiger partial charge in [0, 0.05) is 36.5 Å². The summed E-state index contributed by atoms with van der Waals surface area (Å²) in [5.74, 6) is -0.752. The summed E-state index contributed by atoms with van der Waals surface area (Å²) in [6.45, 7) is 3.14. The molecule has 32 heavy (non-hydrogen) atoms. The Bertz CT molecular complexity index is 1050. The van der Waals surface area contributed by atoms with E-state index in [1.165, 1.54) is 0 Å². The zero-order valence-corrected chi connectivity index (χ0v) is 19.2. The van der Waals surface area contributed by atoms with E-state index in [4.69, 9.17) is 11.6 Å². The molecule has 1 aliphatic heterocycles. The summed E-state index contributed by atoms with van der Waals surface area (Å²) in [5.41, 5.74) is 0.383. The van der Waals surface area contributed by atoms with Gasteiger partial charge >= 0.3 is 0 Å². The van der Waals surface area contributed by atoms with Gasteiger partial charge in [-0.05, 0) is 50.7 Å². The van der Waals surface area contributed by atoms with Crippen LogP contribution in [0.5, 0.6) is 0 Å². The summed E-state index contributed by atoms with van der Waals surface area (Å²) in [6, 6.07) is 7.13. The van der Waals surface area contributed by atoms with E-state index in [2.05, 4.69) is 5.32 Å². The summed E-state index contributed by atoms with van der Waals surface area (Å²) in [6.07, 6.45) is 10.5. The summed E-state index contributed by atoms with van der Waals surface area (Å²) < 4.78 is 1.92. The van der Waals surface area contributed by atoms with E-state index in [0.717, 1.165) is 50.5 Å². The van der Waals surface area contributed by atoms with Gasteiger partial charge in [0.25, 0.3) is 11.8 Å². The number of hydrogen-bond acceptors (Lipinski definition) is 3. The lowest BCUT2D eigenvalue weighted by Crippen LogP contribution is -2.40. The van der Waals surface area contributed by atoms with E-state index < -0.39 is 11.3 Å². The van der Waals surface area contributed by atoms with E-state index in [1.807, 2.05) is 29.7 Å². The average Bonchev–Trinajstić information content (AvgIpc) is 3.34. The molecule has 0 bridgehead atoms. The molecule has 2 aliphatic rings. The van der Waals surface area contributed by atoms with Crippen LogP contribution in [0, 0.1) is 0 Å². The molecular weight excluding hydrogens is 426 g/mol. The molecule has 0 spiro atoms. The number of nitrogens with one attached hydrogen (secondary N) is 1. The Morgan fingerprint density at radius 1 is 1.00 bits per heavy atom. The molecule has 7 heteroatoms. The smallest absolute Gasteiger partial charge is 0.259 e. The molecule has 2 amide bonds. The molecule has 1 aromatic heterocycles. The Labute approximate surface area is 193 Å². The predicted octanol–water partition coefficient (Wildman–Crippen LogP) is 4.73. The zero-order valence-electron chi connectivity index (χ0n) is 18.5. The Morgan fingerprint density at radius 2 is 1.66 bits per heavy atom. The first-order chi connectivity index (χ1) is 15.5. The molecule has 6 nitrogen and oxygen atoms in total. The van der Waals surface area contributed by atoms with E-state index in [0.29, 0.717) is 18.1 Å². The van der Waals surface area contributed by atoms with Gasteiger partial charge in [-0.2, -0.15) is 0 Å². The molecule has 1 saturated heterocycles. The Kier molecular flexibility index (Phi) is 6.99. The summed E-state index contributed by atoms with van der Waals surface area (Å²) >= 11 is 6.28. The maximum atomic E-state index is 13.3. The van der Waals surface area contributed by atoms with Crippen molar-refractivity contribution in [1.29, 1.82) is 0 Å². The molecule has 4 rings (SSSR count). The van der Waals surface area contributed by atoms with Crippen molar-refractivity contribution < 1.29 is 9.59 Å². The average molecular weight is 456 g/mol. The zero-order chi connectivity index (χ0) is 22.7. The van der Waals surface area contributed by atoms with Crippen molar-refractivity contribution in [2.45, 2.75) is 64.0 Å². The van der Waals surface area contributed by atoms with Crippen LogP contribution in [0.3, 0.4) is 0 Å². The Hall–Kier alpha value is -2.60. The number of nitrogens with zero attached hydrogens (tertiary/aromatic N) is 2. The van der Waals surface area contributed by atoms with Crippen LogP contribution in [0.15, 0.2) is 41.5 Å². The Balaban J connectivity index is 1.67. The molecule has 170 valence electrons. The second kappa shape index (κ2) is 9.90. The second-order valence-corrected chi connectivity index (χ2v) is 9.28. The molecule has 1 unspecified atom stereocenters. The number of halogens is 1. The first-order valence-electron chi connectivity index (χ1n) is 11.6. The first-order valence-corrected chi connectivity index (χ1v) is 11.9. The standard InChI is InChI=1S/C25H30ClN3O3/c1-17(19-11-5-6-12-22(19)26)27-24(31)20-15-29(18-9-3-4-10-18)16-21(23(20)30)25(32)28-13-7-2-8-14-28/h5-6,11-12,15-18H,2-4,7-10,13-14H2,1H3,(H,27,31). The van der Waals surface area contributed by atoms with Crippen LogP contribution < -0.4 is 10.7 Å². The van der Waals surface area contributed by atoms with Gasteiger partial charge in [-0.25, -0.2) is 0 Å². The molecule has 2 fully saturated rings. The van der Waals surface area contributed by atoms with Crippen LogP contribution in [0.2, 0.25) is 5.02 Å². The minimum absolute atomic E-state index is 0.0127. The third kappa shape index (κ3) is 4.75. The fourth-order valence-electron chi connectivity index (χ4n) is 4.77. The lowest BCUT2D eigenvalue weighted by atomic mass is 10.1. The fraction of sp³-hybridized carbons (Fsp3) is 0.480.